The van der Waals surface area contributed by atoms with Gasteiger partial charge in [0.1, 0.15) is 5.54 Å². The fourth-order valence-corrected chi connectivity index (χ4v) is 7.07. The van der Waals surface area contributed by atoms with Gasteiger partial charge in [0.2, 0.25) is 17.0 Å². The highest BCUT2D eigenvalue weighted by molar-refractivity contribution is 6.00. The molecule has 5 nitrogen and oxygen atoms in total. The molecule has 2 atom stereocenters. The van der Waals surface area contributed by atoms with Gasteiger partial charge in [0.05, 0.1) is 17.1 Å². The molecule has 0 saturated heterocycles. The molecule has 0 amide bonds. The minimum atomic E-state index is -0.175. The molecule has 0 spiro atoms. The summed E-state index contributed by atoms with van der Waals surface area (Å²) in [5, 5.41) is 1.34. The van der Waals surface area contributed by atoms with E-state index < -0.39 is 0 Å². The molecule has 5 heteroatoms. The number of fused-ring (bicyclic) bond motifs is 9. The number of hydrogen-bond donors (Lipinski definition) is 0. The monoisotopic (exact) mass is 500 g/mol. The number of nitrogens with zero attached hydrogens (tertiary/aromatic N) is 5. The van der Waals surface area contributed by atoms with Crippen LogP contribution in [0, 0.1) is 0 Å². The Hall–Kier alpha value is -2.56. The zero-order chi connectivity index (χ0) is 27.2. The van der Waals surface area contributed by atoms with Crippen LogP contribution in [0.3, 0.4) is 0 Å². The molecule has 0 radical (unpaired) electrons. The van der Waals surface area contributed by atoms with Crippen LogP contribution in [-0.4, -0.2) is 19.4 Å². The maximum absolute atomic E-state index is 5.38. The Morgan fingerprint density at radius 3 is 2.19 bits per heavy atom. The first-order chi connectivity index (χ1) is 17.4. The van der Waals surface area contributed by atoms with Gasteiger partial charge in [0.15, 0.2) is 5.82 Å². The molecule has 0 N–H and O–H groups in total. The van der Waals surface area contributed by atoms with Crippen molar-refractivity contribution < 1.29 is 4.57 Å². The van der Waals surface area contributed by atoms with Crippen LogP contribution in [0.1, 0.15) is 143 Å². The zero-order valence-corrected chi connectivity index (χ0v) is 25.2. The van der Waals surface area contributed by atoms with Crippen molar-refractivity contribution in [1.29, 1.82) is 0 Å². The van der Waals surface area contributed by atoms with E-state index in [1.807, 2.05) is 33.9 Å². The Bertz CT molecular complexity index is 1540. The Morgan fingerprint density at radius 1 is 0.919 bits per heavy atom. The van der Waals surface area contributed by atoms with Gasteiger partial charge in [-0.3, -0.25) is 0 Å². The first-order valence-electron chi connectivity index (χ1n) is 14.5. The predicted molar refractivity (Wildman–Crippen MR) is 154 cm³/mol. The first kappa shape index (κ1) is 26.1. The van der Waals surface area contributed by atoms with Crippen LogP contribution in [0.4, 0.5) is 0 Å². The first-order valence-corrected chi connectivity index (χ1v) is 14.5. The summed E-state index contributed by atoms with van der Waals surface area (Å²) in [6.45, 7) is 26.2. The standard InChI is InChI=1S/C28H34N5.2C2H6/c1-26(2,3)24-29-13-18-22(31-24)33-23-20-17(30-25(32(18)23)27(4,5)6)12-16-14-9-10-15(11-14)19(16)21(20)28(33,7)8;2*1-2/h12-15H,9-11H2,1-8H3;2*1-2H3/q+1;;. The van der Waals surface area contributed by atoms with E-state index in [0.717, 1.165) is 28.7 Å². The molecule has 7 rings (SSSR count). The molecular formula is C32H46N5+. The summed E-state index contributed by atoms with van der Waals surface area (Å²) in [6.07, 6.45) is 6.03. The molecule has 2 unspecified atom stereocenters. The molecule has 1 fully saturated rings. The third-order valence-electron chi connectivity index (χ3n) is 8.46. The number of rotatable bonds is 0. The van der Waals surface area contributed by atoms with Crippen LogP contribution in [0.5, 0.6) is 0 Å². The SMILES string of the molecule is CC.CC.CC(C)(C)c1ncc2c(n1)[n+]1c3c4c(c5c(cc4nc(C(C)(C)C)n23)C2CCC5C2)C1(C)C. The smallest absolute Gasteiger partial charge is 0.222 e. The molecule has 2 aliphatic carbocycles. The molecular weight excluding hydrogens is 454 g/mol. The number of imidazole rings is 1. The molecule has 3 aliphatic rings. The highest BCUT2D eigenvalue weighted by Gasteiger charge is 2.50. The van der Waals surface area contributed by atoms with Gasteiger partial charge in [-0.1, -0.05) is 74.2 Å². The summed E-state index contributed by atoms with van der Waals surface area (Å²) in [4.78, 5) is 15.4. The van der Waals surface area contributed by atoms with E-state index >= 15 is 0 Å². The van der Waals surface area contributed by atoms with Crippen LogP contribution in [-0.2, 0) is 16.4 Å². The van der Waals surface area contributed by atoms with Crippen molar-refractivity contribution in [3.8, 4) is 0 Å². The largest absolute Gasteiger partial charge is 0.307 e. The van der Waals surface area contributed by atoms with Crippen molar-refractivity contribution in [3.05, 3.63) is 40.6 Å². The van der Waals surface area contributed by atoms with E-state index in [-0.39, 0.29) is 16.4 Å². The van der Waals surface area contributed by atoms with Crippen LogP contribution in [0.2, 0.25) is 0 Å². The van der Waals surface area contributed by atoms with E-state index in [9.17, 15) is 0 Å². The van der Waals surface area contributed by atoms with Gasteiger partial charge in [-0.25, -0.2) is 18.9 Å². The van der Waals surface area contributed by atoms with Gasteiger partial charge < -0.3 is 0 Å². The van der Waals surface area contributed by atoms with Gasteiger partial charge in [-0.15, -0.1) is 0 Å². The average molecular weight is 501 g/mol. The Kier molecular flexibility index (Phi) is 5.79. The lowest BCUT2D eigenvalue weighted by molar-refractivity contribution is -0.697. The van der Waals surface area contributed by atoms with E-state index in [1.165, 1.54) is 41.4 Å². The van der Waals surface area contributed by atoms with Crippen LogP contribution in [0.15, 0.2) is 12.3 Å². The molecule has 4 heterocycles. The number of aromatic nitrogens is 5. The van der Waals surface area contributed by atoms with Crippen LogP contribution < -0.4 is 4.57 Å². The van der Waals surface area contributed by atoms with E-state index in [0.29, 0.717) is 5.92 Å². The fraction of sp³-hybridized carbons (Fsp3) is 0.625. The molecule has 37 heavy (non-hydrogen) atoms. The molecule has 4 aromatic rings. The minimum absolute atomic E-state index is 0.105. The van der Waals surface area contributed by atoms with Gasteiger partial charge in [-0.05, 0) is 62.1 Å². The topological polar surface area (TPSA) is 47.0 Å². The van der Waals surface area contributed by atoms with Crippen LogP contribution >= 0.6 is 0 Å². The van der Waals surface area contributed by atoms with Gasteiger partial charge in [0.25, 0.3) is 0 Å². The predicted octanol–water partition coefficient (Wildman–Crippen LogP) is 7.83. The molecule has 1 aliphatic heterocycles. The number of benzene rings is 1. The molecule has 198 valence electrons. The summed E-state index contributed by atoms with van der Waals surface area (Å²) in [5.41, 5.74) is 8.87. The highest BCUT2D eigenvalue weighted by atomic mass is 15.3. The lowest BCUT2D eigenvalue weighted by Crippen LogP contribution is -2.51. The lowest BCUT2D eigenvalue weighted by Gasteiger charge is -2.27. The molecule has 1 saturated carbocycles. The summed E-state index contributed by atoms with van der Waals surface area (Å²) >= 11 is 0. The Labute approximate surface area is 222 Å². The number of hydrogen-bond acceptors (Lipinski definition) is 3. The molecule has 2 bridgehead atoms. The summed E-state index contributed by atoms with van der Waals surface area (Å²) in [6, 6.07) is 2.45. The van der Waals surface area contributed by atoms with E-state index in [2.05, 4.69) is 70.4 Å². The second-order valence-electron chi connectivity index (χ2n) is 13.2. The quantitative estimate of drug-likeness (QED) is 0.231. The fourth-order valence-electron chi connectivity index (χ4n) is 7.07. The second-order valence-corrected chi connectivity index (χ2v) is 13.2. The molecule has 1 aromatic carbocycles. The summed E-state index contributed by atoms with van der Waals surface area (Å²) in [7, 11) is 0. The van der Waals surface area contributed by atoms with E-state index in [4.69, 9.17) is 15.0 Å². The third-order valence-corrected chi connectivity index (χ3v) is 8.46. The normalized spacial score (nSPS) is 20.9. The molecule has 3 aromatic heterocycles. The summed E-state index contributed by atoms with van der Waals surface area (Å²) < 4.78 is 4.89. The maximum Gasteiger partial charge on any atom is 0.307 e. The summed E-state index contributed by atoms with van der Waals surface area (Å²) in [5.74, 6) is 3.41. The zero-order valence-electron chi connectivity index (χ0n) is 25.2. The van der Waals surface area contributed by atoms with Crippen molar-refractivity contribution in [2.75, 3.05) is 0 Å². The minimum Gasteiger partial charge on any atom is -0.222 e. The van der Waals surface area contributed by atoms with Crippen molar-refractivity contribution in [1.82, 2.24) is 19.4 Å². The van der Waals surface area contributed by atoms with Crippen molar-refractivity contribution in [2.45, 2.75) is 131 Å². The van der Waals surface area contributed by atoms with E-state index in [1.54, 1.807) is 11.1 Å². The van der Waals surface area contributed by atoms with Crippen molar-refractivity contribution in [2.24, 2.45) is 0 Å². The highest BCUT2D eigenvalue weighted by Crippen LogP contribution is 2.58. The Balaban J connectivity index is 0.000000670. The van der Waals surface area contributed by atoms with Gasteiger partial charge in [-0.2, -0.15) is 0 Å². The van der Waals surface area contributed by atoms with Crippen molar-refractivity contribution >= 4 is 27.7 Å². The van der Waals surface area contributed by atoms with Gasteiger partial charge in [0, 0.05) is 16.4 Å². The maximum atomic E-state index is 5.38. The third kappa shape index (κ3) is 3.34. The average Bonchev–Trinajstić information content (AvgIpc) is 3.59. The Morgan fingerprint density at radius 2 is 1.57 bits per heavy atom. The lowest BCUT2D eigenvalue weighted by atomic mass is 9.80. The second kappa shape index (κ2) is 8.22. The van der Waals surface area contributed by atoms with Crippen LogP contribution in [0.25, 0.3) is 27.7 Å². The van der Waals surface area contributed by atoms with Gasteiger partial charge >= 0.3 is 5.65 Å². The van der Waals surface area contributed by atoms with Crippen molar-refractivity contribution in [3.63, 3.8) is 0 Å².